The average molecular weight is 1240 g/mol. The molecule has 93 heavy (non-hydrogen) atoms. The van der Waals surface area contributed by atoms with Crippen molar-refractivity contribution in [1.82, 2.24) is 4.57 Å². The molecule has 0 radical (unpaired) electrons. The van der Waals surface area contributed by atoms with Gasteiger partial charge in [0.05, 0.1) is 22.4 Å². The van der Waals surface area contributed by atoms with Crippen molar-refractivity contribution in [1.29, 1.82) is 0 Å². The number of hydrogen-bond acceptors (Lipinski definition) is 2. The number of hydrogen-bond donors (Lipinski definition) is 0. The Kier molecular flexibility index (Phi) is 15.0. The lowest BCUT2D eigenvalue weighted by atomic mass is 9.33. The zero-order valence-corrected chi connectivity index (χ0v) is 60.6. The monoisotopic (exact) mass is 1240 g/mol. The molecule has 3 heterocycles. The van der Waals surface area contributed by atoms with E-state index >= 15 is 0 Å². The van der Waals surface area contributed by atoms with E-state index < -0.39 is 8.07 Å². The normalized spacial score (nSPS) is 14.0. The first-order chi connectivity index (χ1) is 43.6. The summed E-state index contributed by atoms with van der Waals surface area (Å²) < 4.78 is 2.58. The van der Waals surface area contributed by atoms with Crippen LogP contribution in [0.2, 0.25) is 0 Å². The Morgan fingerprint density at radius 2 is 0.667 bits per heavy atom. The Morgan fingerprint density at radius 1 is 0.280 bits per heavy atom. The summed E-state index contributed by atoms with van der Waals surface area (Å²) in [7, 11) is -3.08. The molecule has 11 aromatic rings. The van der Waals surface area contributed by atoms with E-state index in [2.05, 4.69) is 372 Å². The molecule has 472 valence electrons. The Hall–Kier alpha value is -8.12. The predicted octanol–water partition coefficient (Wildman–Crippen LogP) is 19.3. The second-order valence-electron chi connectivity index (χ2n) is 34.3. The maximum Gasteiger partial charge on any atom is 0.252 e. The lowest BCUT2D eigenvalue weighted by Gasteiger charge is -2.48. The molecular weight excluding hydrogens is 1140 g/mol. The minimum absolute atomic E-state index is 0.0275. The molecule has 0 unspecified atom stereocenters. The Labute approximate surface area is 559 Å². The van der Waals surface area contributed by atoms with Crippen LogP contribution in [0.15, 0.2) is 212 Å². The molecule has 13 rings (SSSR count). The van der Waals surface area contributed by atoms with Gasteiger partial charge in [0.25, 0.3) is 6.71 Å². The summed E-state index contributed by atoms with van der Waals surface area (Å²) in [4.78, 5) is 5.56. The SMILES string of the molecule is CC(C)(C)c1cc2c3c(c1)N(c1c(C(C)(C)C)cccc1C(C)(C)C)c1cc(-n4c5ccc(C(C)(C)C)cc5c5cc(C(C)(C)C)ccc54)ccc1B3c1cc([Si](c3ccccc3)(c3ccccc3)c3ccccc3)ccc1N2c1c(C(C)(C)C)cccc1C(C)(C)C. The fourth-order valence-electron chi connectivity index (χ4n) is 15.6. The molecule has 2 aliphatic heterocycles. The second kappa shape index (κ2) is 22.0. The lowest BCUT2D eigenvalue weighted by Crippen LogP contribution is -2.75. The maximum atomic E-state index is 2.79. The first-order valence-corrected chi connectivity index (χ1v) is 36.2. The van der Waals surface area contributed by atoms with Gasteiger partial charge >= 0.3 is 0 Å². The summed E-state index contributed by atoms with van der Waals surface area (Å²) in [5, 5.41) is 8.04. The summed E-state index contributed by atoms with van der Waals surface area (Å²) in [5.74, 6) is 0. The summed E-state index contributed by atoms with van der Waals surface area (Å²) in [6.45, 7) is 50.1. The molecule has 0 fully saturated rings. The molecule has 0 bridgehead atoms. The highest BCUT2D eigenvalue weighted by Crippen LogP contribution is 2.54. The number of anilines is 6. The third kappa shape index (κ3) is 10.6. The molecule has 0 saturated carbocycles. The van der Waals surface area contributed by atoms with Crippen molar-refractivity contribution in [3.63, 3.8) is 0 Å². The number of aromatic nitrogens is 1. The second-order valence-corrected chi connectivity index (χ2v) is 38.2. The smallest absolute Gasteiger partial charge is 0.252 e. The van der Waals surface area contributed by atoms with Gasteiger partial charge in [0.2, 0.25) is 0 Å². The quantitative estimate of drug-likeness (QED) is 0.116. The first-order valence-electron chi connectivity index (χ1n) is 34.2. The van der Waals surface area contributed by atoms with Gasteiger partial charge in [-0.1, -0.05) is 303 Å². The van der Waals surface area contributed by atoms with E-state index in [4.69, 9.17) is 0 Å². The Balaban J connectivity index is 1.24. The molecule has 2 aliphatic rings. The lowest BCUT2D eigenvalue weighted by molar-refractivity contribution is 0.569. The van der Waals surface area contributed by atoms with Crippen LogP contribution < -0.4 is 46.9 Å². The van der Waals surface area contributed by atoms with Crippen LogP contribution in [0, 0.1) is 0 Å². The van der Waals surface area contributed by atoms with Crippen molar-refractivity contribution in [3.8, 4) is 5.69 Å². The maximum absolute atomic E-state index is 3.08. The number of benzene rings is 10. The largest absolute Gasteiger partial charge is 0.311 e. The summed E-state index contributed by atoms with van der Waals surface area (Å²) >= 11 is 0. The van der Waals surface area contributed by atoms with Crippen molar-refractivity contribution < 1.29 is 0 Å². The number of nitrogens with zero attached hydrogens (tertiary/aromatic N) is 3. The third-order valence-corrected chi connectivity index (χ3v) is 25.3. The Bertz CT molecular complexity index is 4480. The highest BCUT2D eigenvalue weighted by molar-refractivity contribution is 7.20. The number of fused-ring (bicyclic) bond motifs is 7. The van der Waals surface area contributed by atoms with Gasteiger partial charge in [0.15, 0.2) is 8.07 Å². The van der Waals surface area contributed by atoms with Gasteiger partial charge in [-0.25, -0.2) is 0 Å². The number of para-hydroxylation sites is 2. The zero-order chi connectivity index (χ0) is 66.5. The van der Waals surface area contributed by atoms with Crippen molar-refractivity contribution in [2.24, 2.45) is 0 Å². The van der Waals surface area contributed by atoms with Crippen LogP contribution in [-0.4, -0.2) is 19.4 Å². The van der Waals surface area contributed by atoms with Gasteiger partial charge in [0.1, 0.15) is 0 Å². The predicted molar refractivity (Wildman–Crippen MR) is 409 cm³/mol. The molecule has 1 aromatic heterocycles. The van der Waals surface area contributed by atoms with E-state index in [1.54, 1.807) is 0 Å². The van der Waals surface area contributed by atoms with Gasteiger partial charge in [0, 0.05) is 39.2 Å². The minimum atomic E-state index is -3.08. The van der Waals surface area contributed by atoms with Crippen LogP contribution in [0.25, 0.3) is 27.5 Å². The van der Waals surface area contributed by atoms with Crippen LogP contribution in [0.1, 0.15) is 184 Å². The number of rotatable bonds is 7. The fraction of sp³-hybridized carbons (Fsp3) is 0.318. The summed E-state index contributed by atoms with van der Waals surface area (Å²) in [5.41, 5.74) is 23.2. The molecule has 0 N–H and O–H groups in total. The molecule has 0 aliphatic carbocycles. The molecule has 0 spiro atoms. The van der Waals surface area contributed by atoms with Crippen LogP contribution in [0.4, 0.5) is 34.1 Å². The van der Waals surface area contributed by atoms with E-state index in [-0.39, 0.29) is 44.6 Å². The van der Waals surface area contributed by atoms with E-state index in [0.29, 0.717) is 0 Å². The summed E-state index contributed by atoms with van der Waals surface area (Å²) in [6, 6.07) is 84.1. The van der Waals surface area contributed by atoms with Crippen LogP contribution in [0.3, 0.4) is 0 Å². The van der Waals surface area contributed by atoms with Crippen molar-refractivity contribution in [3.05, 3.63) is 251 Å². The van der Waals surface area contributed by atoms with Crippen molar-refractivity contribution in [2.75, 3.05) is 9.80 Å². The Morgan fingerprint density at radius 3 is 1.04 bits per heavy atom. The standard InChI is InChI=1S/C88H98BN3Si/c1-82(2,3)57-43-48-73-65(51-57)66-52-58(83(4,5)6)44-49-74(66)90(73)60-45-47-71-76(55-60)92(81-69(87(16,17)18)41-32-42-70(81)88(19,20)21)78-54-59(84(7,8)9)53-77-79(78)89(71)72-56-64(46-50-75(72)91(77)80-67(85(10,11)12)39-31-40-68(80)86(13,14)15)93(61-33-25-22-26-34-61,62-35-27-23-28-36-62)63-37-29-24-30-38-63/h22-56H,1-21H3. The minimum Gasteiger partial charge on any atom is -0.311 e. The molecule has 0 saturated heterocycles. The average Bonchev–Trinajstić information content (AvgIpc) is 0.964. The van der Waals surface area contributed by atoms with Crippen LogP contribution in [0.5, 0.6) is 0 Å². The first kappa shape index (κ1) is 63.6. The van der Waals surface area contributed by atoms with Gasteiger partial charge in [-0.2, -0.15) is 0 Å². The van der Waals surface area contributed by atoms with E-state index in [1.165, 1.54) is 132 Å². The molecule has 10 aromatic carbocycles. The van der Waals surface area contributed by atoms with E-state index in [9.17, 15) is 0 Å². The highest BCUT2D eigenvalue weighted by Gasteiger charge is 2.49. The third-order valence-electron chi connectivity index (χ3n) is 20.5. The van der Waals surface area contributed by atoms with Crippen molar-refractivity contribution >= 4 is 108 Å². The van der Waals surface area contributed by atoms with E-state index in [1.807, 2.05) is 0 Å². The van der Waals surface area contributed by atoms with Crippen LogP contribution >= 0.6 is 0 Å². The van der Waals surface area contributed by atoms with Gasteiger partial charge < -0.3 is 14.4 Å². The highest BCUT2D eigenvalue weighted by atomic mass is 28.3. The molecule has 5 heteroatoms. The molecule has 3 nitrogen and oxygen atoms in total. The zero-order valence-electron chi connectivity index (χ0n) is 59.6. The topological polar surface area (TPSA) is 11.4 Å². The summed E-state index contributed by atoms with van der Waals surface area (Å²) in [6.07, 6.45) is 0. The van der Waals surface area contributed by atoms with Gasteiger partial charge in [-0.3, -0.25) is 0 Å². The fourth-order valence-corrected chi connectivity index (χ4v) is 20.3. The van der Waals surface area contributed by atoms with Crippen molar-refractivity contribution in [2.45, 2.75) is 183 Å². The molecule has 0 atom stereocenters. The molecular formula is C88H98BN3Si. The van der Waals surface area contributed by atoms with E-state index in [0.717, 1.165) is 5.69 Å². The van der Waals surface area contributed by atoms with Gasteiger partial charge in [-0.05, 0) is 169 Å². The van der Waals surface area contributed by atoms with Gasteiger partial charge in [-0.15, -0.1) is 0 Å². The molecule has 0 amide bonds. The van der Waals surface area contributed by atoms with Crippen LogP contribution in [-0.2, 0) is 37.9 Å².